The molecule has 0 spiro atoms. The molecule has 1 saturated heterocycles. The van der Waals surface area contributed by atoms with Gasteiger partial charge in [0, 0.05) is 6.42 Å². The molecule has 1 atom stereocenters. The molecule has 0 saturated carbocycles. The SMILES string of the molecule is O=CCc1noc(CC2CCCS(=O)(=O)C2)n1. The fourth-order valence-electron chi connectivity index (χ4n) is 2.06. The van der Waals surface area contributed by atoms with Crippen LogP contribution in [0, 0.1) is 5.92 Å². The lowest BCUT2D eigenvalue weighted by Crippen LogP contribution is -2.26. The normalized spacial score (nSPS) is 23.4. The third-order valence-electron chi connectivity index (χ3n) is 2.80. The van der Waals surface area contributed by atoms with Crippen molar-refractivity contribution in [3.05, 3.63) is 11.7 Å². The summed E-state index contributed by atoms with van der Waals surface area (Å²) < 4.78 is 27.9. The number of rotatable bonds is 4. The summed E-state index contributed by atoms with van der Waals surface area (Å²) in [5.74, 6) is 1.30. The summed E-state index contributed by atoms with van der Waals surface area (Å²) in [6.07, 6.45) is 2.88. The highest BCUT2D eigenvalue weighted by atomic mass is 32.2. The van der Waals surface area contributed by atoms with Crippen LogP contribution < -0.4 is 0 Å². The van der Waals surface area contributed by atoms with Gasteiger partial charge in [-0.1, -0.05) is 5.16 Å². The van der Waals surface area contributed by atoms with Gasteiger partial charge in [-0.25, -0.2) is 8.42 Å². The first-order valence-electron chi connectivity index (χ1n) is 5.54. The zero-order valence-electron chi connectivity index (χ0n) is 9.33. The van der Waals surface area contributed by atoms with E-state index in [1.807, 2.05) is 0 Å². The second-order valence-corrected chi connectivity index (χ2v) is 6.53. The van der Waals surface area contributed by atoms with Gasteiger partial charge in [0.2, 0.25) is 5.89 Å². The minimum atomic E-state index is -2.90. The average Bonchev–Trinajstić information content (AvgIpc) is 2.64. The number of hydrogen-bond donors (Lipinski definition) is 0. The van der Waals surface area contributed by atoms with Crippen LogP contribution in [0.3, 0.4) is 0 Å². The molecule has 1 fully saturated rings. The van der Waals surface area contributed by atoms with E-state index < -0.39 is 9.84 Å². The molecular formula is C10H14N2O4S. The summed E-state index contributed by atoms with van der Waals surface area (Å²) in [5, 5.41) is 3.64. The van der Waals surface area contributed by atoms with Crippen LogP contribution in [-0.2, 0) is 27.5 Å². The third kappa shape index (κ3) is 3.36. The Morgan fingerprint density at radius 1 is 1.47 bits per heavy atom. The van der Waals surface area contributed by atoms with Gasteiger partial charge in [-0.3, -0.25) is 0 Å². The molecule has 1 unspecified atom stereocenters. The zero-order valence-corrected chi connectivity index (χ0v) is 10.1. The lowest BCUT2D eigenvalue weighted by atomic mass is 10.0. The standard InChI is InChI=1S/C10H14N2O4S/c13-4-3-9-11-10(16-12-9)6-8-2-1-5-17(14,15)7-8/h4,8H,1-3,5-7H2. The number of aromatic nitrogens is 2. The first kappa shape index (κ1) is 12.2. The lowest BCUT2D eigenvalue weighted by molar-refractivity contribution is -0.107. The molecule has 94 valence electrons. The van der Waals surface area contributed by atoms with Crippen molar-refractivity contribution in [2.75, 3.05) is 11.5 Å². The molecule has 1 aromatic heterocycles. The summed E-state index contributed by atoms with van der Waals surface area (Å²) in [4.78, 5) is 14.3. The maximum atomic E-state index is 11.4. The lowest BCUT2D eigenvalue weighted by Gasteiger charge is -2.19. The Bertz CT molecular complexity index is 494. The highest BCUT2D eigenvalue weighted by Crippen LogP contribution is 2.21. The number of aldehydes is 1. The van der Waals surface area contributed by atoms with E-state index in [4.69, 9.17) is 4.52 Å². The van der Waals surface area contributed by atoms with E-state index in [0.29, 0.717) is 30.8 Å². The van der Waals surface area contributed by atoms with Gasteiger partial charge >= 0.3 is 0 Å². The van der Waals surface area contributed by atoms with Crippen LogP contribution in [0.1, 0.15) is 24.6 Å². The molecule has 2 rings (SSSR count). The third-order valence-corrected chi connectivity index (χ3v) is 4.69. The summed E-state index contributed by atoms with van der Waals surface area (Å²) in [6, 6.07) is 0. The van der Waals surface area contributed by atoms with E-state index in [9.17, 15) is 13.2 Å². The predicted molar refractivity (Wildman–Crippen MR) is 59.1 cm³/mol. The van der Waals surface area contributed by atoms with Crippen LogP contribution in [0.15, 0.2) is 4.52 Å². The second-order valence-electron chi connectivity index (χ2n) is 4.30. The Balaban J connectivity index is 1.97. The van der Waals surface area contributed by atoms with Crippen molar-refractivity contribution in [1.82, 2.24) is 10.1 Å². The Morgan fingerprint density at radius 2 is 2.29 bits per heavy atom. The van der Waals surface area contributed by atoms with Crippen LogP contribution in [0.4, 0.5) is 0 Å². The number of carbonyl (C=O) groups is 1. The first-order valence-corrected chi connectivity index (χ1v) is 7.37. The fourth-order valence-corrected chi connectivity index (χ4v) is 3.83. The molecule has 0 radical (unpaired) electrons. The van der Waals surface area contributed by atoms with E-state index in [-0.39, 0.29) is 23.8 Å². The van der Waals surface area contributed by atoms with Crippen molar-refractivity contribution >= 4 is 16.1 Å². The van der Waals surface area contributed by atoms with Gasteiger partial charge in [0.15, 0.2) is 15.7 Å². The minimum absolute atomic E-state index is 0.0540. The van der Waals surface area contributed by atoms with Crippen LogP contribution in [0.2, 0.25) is 0 Å². The molecule has 2 heterocycles. The molecule has 6 nitrogen and oxygen atoms in total. The Morgan fingerprint density at radius 3 is 3.00 bits per heavy atom. The van der Waals surface area contributed by atoms with Crippen molar-refractivity contribution in [3.63, 3.8) is 0 Å². The van der Waals surface area contributed by atoms with Crippen LogP contribution >= 0.6 is 0 Å². The topological polar surface area (TPSA) is 90.1 Å². The van der Waals surface area contributed by atoms with E-state index in [1.165, 1.54) is 0 Å². The van der Waals surface area contributed by atoms with Gasteiger partial charge in [-0.15, -0.1) is 0 Å². The summed E-state index contributed by atoms with van der Waals surface area (Å²) in [5.41, 5.74) is 0. The van der Waals surface area contributed by atoms with Crippen molar-refractivity contribution in [2.24, 2.45) is 5.92 Å². The van der Waals surface area contributed by atoms with E-state index in [2.05, 4.69) is 10.1 Å². The maximum absolute atomic E-state index is 11.4. The molecule has 0 bridgehead atoms. The zero-order chi connectivity index (χ0) is 12.3. The van der Waals surface area contributed by atoms with Gasteiger partial charge in [0.05, 0.1) is 17.9 Å². The van der Waals surface area contributed by atoms with E-state index in [1.54, 1.807) is 0 Å². The van der Waals surface area contributed by atoms with Crippen molar-refractivity contribution in [3.8, 4) is 0 Å². The van der Waals surface area contributed by atoms with Crippen molar-refractivity contribution in [1.29, 1.82) is 0 Å². The monoisotopic (exact) mass is 258 g/mol. The number of sulfone groups is 1. The van der Waals surface area contributed by atoms with Crippen LogP contribution in [-0.4, -0.2) is 36.4 Å². The number of nitrogens with zero attached hydrogens (tertiary/aromatic N) is 2. The summed E-state index contributed by atoms with van der Waals surface area (Å²) in [6.45, 7) is 0. The molecule has 1 aliphatic rings. The number of carbonyl (C=O) groups excluding carboxylic acids is 1. The van der Waals surface area contributed by atoms with Crippen molar-refractivity contribution < 1.29 is 17.7 Å². The molecule has 7 heteroatoms. The first-order chi connectivity index (χ1) is 8.09. The van der Waals surface area contributed by atoms with Gasteiger partial charge in [0.1, 0.15) is 6.29 Å². The van der Waals surface area contributed by atoms with E-state index >= 15 is 0 Å². The molecule has 17 heavy (non-hydrogen) atoms. The highest BCUT2D eigenvalue weighted by Gasteiger charge is 2.26. The highest BCUT2D eigenvalue weighted by molar-refractivity contribution is 7.91. The fraction of sp³-hybridized carbons (Fsp3) is 0.700. The van der Waals surface area contributed by atoms with Gasteiger partial charge in [-0.05, 0) is 18.8 Å². The smallest absolute Gasteiger partial charge is 0.226 e. The molecular weight excluding hydrogens is 244 g/mol. The summed E-state index contributed by atoms with van der Waals surface area (Å²) >= 11 is 0. The second kappa shape index (κ2) is 4.95. The van der Waals surface area contributed by atoms with Gasteiger partial charge in [-0.2, -0.15) is 4.98 Å². The summed E-state index contributed by atoms with van der Waals surface area (Å²) in [7, 11) is -2.90. The Kier molecular flexibility index (Phi) is 3.56. The van der Waals surface area contributed by atoms with Crippen LogP contribution in [0.25, 0.3) is 0 Å². The molecule has 1 aromatic rings. The Hall–Kier alpha value is -1.24. The average molecular weight is 258 g/mol. The van der Waals surface area contributed by atoms with Crippen molar-refractivity contribution in [2.45, 2.75) is 25.7 Å². The van der Waals surface area contributed by atoms with Crippen LogP contribution in [0.5, 0.6) is 0 Å². The molecule has 0 amide bonds. The van der Waals surface area contributed by atoms with Gasteiger partial charge < -0.3 is 9.32 Å². The molecule has 0 N–H and O–H groups in total. The predicted octanol–water partition coefficient (Wildman–Crippen LogP) is 0.178. The maximum Gasteiger partial charge on any atom is 0.226 e. The minimum Gasteiger partial charge on any atom is -0.339 e. The molecule has 0 aromatic carbocycles. The van der Waals surface area contributed by atoms with Gasteiger partial charge in [0.25, 0.3) is 0 Å². The molecule has 1 aliphatic heterocycles. The quantitative estimate of drug-likeness (QED) is 0.715. The number of hydrogen-bond acceptors (Lipinski definition) is 6. The van der Waals surface area contributed by atoms with E-state index in [0.717, 1.165) is 6.42 Å². The largest absolute Gasteiger partial charge is 0.339 e. The Labute approximate surface area is 99.3 Å². The molecule has 0 aliphatic carbocycles.